The van der Waals surface area contributed by atoms with E-state index in [1.807, 2.05) is 24.3 Å². The summed E-state index contributed by atoms with van der Waals surface area (Å²) in [7, 11) is 0. The van der Waals surface area contributed by atoms with Gasteiger partial charge in [-0.3, -0.25) is 4.79 Å². The second kappa shape index (κ2) is 5.88. The maximum absolute atomic E-state index is 11.6. The minimum atomic E-state index is -0.994. The molecule has 0 bridgehead atoms. The van der Waals surface area contributed by atoms with Crippen LogP contribution in [0, 0.1) is 0 Å². The molecule has 1 heterocycles. The van der Waals surface area contributed by atoms with E-state index in [4.69, 9.17) is 4.42 Å². The van der Waals surface area contributed by atoms with Gasteiger partial charge in [0.15, 0.2) is 12.2 Å². The van der Waals surface area contributed by atoms with Crippen LogP contribution in [0.25, 0.3) is 11.3 Å². The van der Waals surface area contributed by atoms with Gasteiger partial charge in [0, 0.05) is 12.1 Å². The molecule has 20 heavy (non-hydrogen) atoms. The number of nitrogens with one attached hydrogen (secondary N) is 1. The topological polar surface area (TPSA) is 75.4 Å². The van der Waals surface area contributed by atoms with Crippen molar-refractivity contribution in [3.63, 3.8) is 0 Å². The van der Waals surface area contributed by atoms with Crippen LogP contribution in [0.2, 0.25) is 0 Å². The maximum atomic E-state index is 11.6. The normalized spacial score (nSPS) is 11.3. The van der Waals surface area contributed by atoms with Gasteiger partial charge in [-0.1, -0.05) is 18.2 Å². The van der Waals surface area contributed by atoms with Crippen LogP contribution in [0.5, 0.6) is 0 Å². The van der Waals surface area contributed by atoms with Crippen molar-refractivity contribution in [1.29, 1.82) is 0 Å². The average Bonchev–Trinajstić information content (AvgIpc) is 2.88. The Kier molecular flexibility index (Phi) is 4.20. The number of hydrogen-bond donors (Lipinski definition) is 2. The van der Waals surface area contributed by atoms with E-state index in [9.17, 15) is 9.90 Å². The van der Waals surface area contributed by atoms with Crippen LogP contribution in [0.1, 0.15) is 25.8 Å². The zero-order valence-electron chi connectivity index (χ0n) is 11.6. The predicted molar refractivity (Wildman–Crippen MR) is 74.7 cm³/mol. The molecule has 0 aliphatic rings. The lowest BCUT2D eigenvalue weighted by atomic mass is 10.1. The number of nitrogens with zero attached hydrogens (tertiary/aromatic N) is 1. The molecule has 0 fully saturated rings. The second-order valence-electron chi connectivity index (χ2n) is 5.33. The molecule has 1 aromatic carbocycles. The molecular weight excluding hydrogens is 256 g/mol. The second-order valence-corrected chi connectivity index (χ2v) is 5.33. The van der Waals surface area contributed by atoms with E-state index in [1.165, 1.54) is 6.39 Å². The van der Waals surface area contributed by atoms with Crippen LogP contribution in [-0.2, 0) is 11.3 Å². The van der Waals surface area contributed by atoms with E-state index in [0.29, 0.717) is 12.3 Å². The van der Waals surface area contributed by atoms with Gasteiger partial charge in [0.25, 0.3) is 0 Å². The van der Waals surface area contributed by atoms with E-state index >= 15 is 0 Å². The largest absolute Gasteiger partial charge is 0.444 e. The first kappa shape index (κ1) is 14.3. The molecule has 0 aliphatic carbocycles. The number of amides is 1. The fourth-order valence-corrected chi connectivity index (χ4v) is 1.85. The fourth-order valence-electron chi connectivity index (χ4n) is 1.85. The highest BCUT2D eigenvalue weighted by Gasteiger charge is 2.17. The Morgan fingerprint density at radius 2 is 2.25 bits per heavy atom. The molecule has 2 N–H and O–H groups in total. The minimum absolute atomic E-state index is 0.0782. The summed E-state index contributed by atoms with van der Waals surface area (Å²) in [6.07, 6.45) is 3.11. The first-order valence-electron chi connectivity index (χ1n) is 6.41. The van der Waals surface area contributed by atoms with Crippen molar-refractivity contribution in [2.45, 2.75) is 32.4 Å². The summed E-state index contributed by atoms with van der Waals surface area (Å²) >= 11 is 0. The van der Waals surface area contributed by atoms with Gasteiger partial charge in [0.05, 0.1) is 18.2 Å². The first-order valence-corrected chi connectivity index (χ1v) is 6.41. The molecule has 5 nitrogen and oxygen atoms in total. The average molecular weight is 274 g/mol. The Morgan fingerprint density at radius 3 is 2.90 bits per heavy atom. The number of carbonyl (C=O) groups is 1. The zero-order valence-corrected chi connectivity index (χ0v) is 11.6. The fraction of sp³-hybridized carbons (Fsp3) is 0.333. The molecule has 0 aliphatic heterocycles. The van der Waals surface area contributed by atoms with Crippen LogP contribution in [-0.4, -0.2) is 21.6 Å². The number of hydrogen-bond acceptors (Lipinski definition) is 4. The molecule has 0 atom stereocenters. The van der Waals surface area contributed by atoms with E-state index in [1.54, 1.807) is 20.0 Å². The lowest BCUT2D eigenvalue weighted by Crippen LogP contribution is -2.31. The highest BCUT2D eigenvalue weighted by Crippen LogP contribution is 2.19. The van der Waals surface area contributed by atoms with Crippen molar-refractivity contribution >= 4 is 5.91 Å². The van der Waals surface area contributed by atoms with Gasteiger partial charge in [-0.05, 0) is 25.5 Å². The van der Waals surface area contributed by atoms with E-state index in [2.05, 4.69) is 10.3 Å². The number of benzene rings is 1. The summed E-state index contributed by atoms with van der Waals surface area (Å²) in [6.45, 7) is 3.63. The van der Waals surface area contributed by atoms with Crippen LogP contribution >= 0.6 is 0 Å². The molecule has 0 unspecified atom stereocenters. The van der Waals surface area contributed by atoms with Crippen molar-refractivity contribution in [1.82, 2.24) is 10.3 Å². The summed E-state index contributed by atoms with van der Waals surface area (Å²) in [6, 6.07) is 7.67. The SMILES string of the molecule is CC(C)(O)CC(=O)NCc1cccc(-c2cnco2)c1. The van der Waals surface area contributed by atoms with E-state index in [0.717, 1.165) is 11.1 Å². The highest BCUT2D eigenvalue weighted by molar-refractivity contribution is 5.76. The first-order chi connectivity index (χ1) is 9.44. The smallest absolute Gasteiger partial charge is 0.223 e. The van der Waals surface area contributed by atoms with Gasteiger partial charge >= 0.3 is 0 Å². The van der Waals surface area contributed by atoms with Crippen molar-refractivity contribution in [3.05, 3.63) is 42.4 Å². The Morgan fingerprint density at radius 1 is 1.45 bits per heavy atom. The molecule has 5 heteroatoms. The third kappa shape index (κ3) is 4.20. The molecule has 1 aromatic heterocycles. The molecular formula is C15H18N2O3. The minimum Gasteiger partial charge on any atom is -0.444 e. The van der Waals surface area contributed by atoms with E-state index in [-0.39, 0.29) is 12.3 Å². The number of aromatic nitrogens is 1. The molecule has 0 radical (unpaired) electrons. The molecule has 0 spiro atoms. The maximum Gasteiger partial charge on any atom is 0.223 e. The quantitative estimate of drug-likeness (QED) is 0.875. The van der Waals surface area contributed by atoms with Gasteiger partial charge < -0.3 is 14.8 Å². The van der Waals surface area contributed by atoms with E-state index < -0.39 is 5.60 Å². The van der Waals surface area contributed by atoms with Crippen molar-refractivity contribution < 1.29 is 14.3 Å². The Balaban J connectivity index is 1.97. The molecule has 0 saturated heterocycles. The summed E-state index contributed by atoms with van der Waals surface area (Å²) in [4.78, 5) is 15.5. The van der Waals surface area contributed by atoms with Crippen LogP contribution < -0.4 is 5.32 Å². The molecule has 106 valence electrons. The van der Waals surface area contributed by atoms with Crippen molar-refractivity contribution in [3.8, 4) is 11.3 Å². The van der Waals surface area contributed by atoms with Crippen LogP contribution in [0.15, 0.2) is 41.3 Å². The Labute approximate surface area is 117 Å². The Bertz CT molecular complexity index is 571. The summed E-state index contributed by atoms with van der Waals surface area (Å²) in [5.41, 5.74) is 0.880. The lowest BCUT2D eigenvalue weighted by molar-refractivity contribution is -0.125. The molecule has 0 saturated carbocycles. The molecule has 2 aromatic rings. The summed E-state index contributed by atoms with van der Waals surface area (Å²) in [5.74, 6) is 0.511. The summed E-state index contributed by atoms with van der Waals surface area (Å²) < 4.78 is 5.23. The monoisotopic (exact) mass is 274 g/mol. The van der Waals surface area contributed by atoms with Gasteiger partial charge in [-0.2, -0.15) is 0 Å². The number of aliphatic hydroxyl groups is 1. The van der Waals surface area contributed by atoms with Crippen LogP contribution in [0.4, 0.5) is 0 Å². The number of oxazole rings is 1. The predicted octanol–water partition coefficient (Wildman–Crippen LogP) is 2.12. The number of rotatable bonds is 5. The number of carbonyl (C=O) groups excluding carboxylic acids is 1. The Hall–Kier alpha value is -2.14. The van der Waals surface area contributed by atoms with Crippen molar-refractivity contribution in [2.75, 3.05) is 0 Å². The molecule has 2 rings (SSSR count). The summed E-state index contributed by atoms with van der Waals surface area (Å²) in [5, 5.41) is 12.4. The van der Waals surface area contributed by atoms with Gasteiger partial charge in [-0.25, -0.2) is 4.98 Å². The van der Waals surface area contributed by atoms with Gasteiger partial charge in [-0.15, -0.1) is 0 Å². The standard InChI is InChI=1S/C15H18N2O3/c1-15(2,19)7-14(18)17-8-11-4-3-5-12(6-11)13-9-16-10-20-13/h3-6,9-10,19H,7-8H2,1-2H3,(H,17,18). The van der Waals surface area contributed by atoms with Crippen LogP contribution in [0.3, 0.4) is 0 Å². The van der Waals surface area contributed by atoms with Gasteiger partial charge in [0.2, 0.25) is 5.91 Å². The zero-order chi connectivity index (χ0) is 14.6. The molecule has 1 amide bonds. The van der Waals surface area contributed by atoms with Gasteiger partial charge in [0.1, 0.15) is 0 Å². The third-order valence-corrected chi connectivity index (χ3v) is 2.73. The van der Waals surface area contributed by atoms with Crippen molar-refractivity contribution in [2.24, 2.45) is 0 Å². The third-order valence-electron chi connectivity index (χ3n) is 2.73. The lowest BCUT2D eigenvalue weighted by Gasteiger charge is -2.16. The highest BCUT2D eigenvalue weighted by atomic mass is 16.3.